The third-order valence-corrected chi connectivity index (χ3v) is 13.6. The number of hydrogen-bond acceptors (Lipinski definition) is 18. The first kappa shape index (κ1) is 70.6. The van der Waals surface area contributed by atoms with Crippen molar-refractivity contribution in [3.8, 4) is 40.2 Å². The second-order valence-electron chi connectivity index (χ2n) is 20.6. The number of esters is 7. The summed E-state index contributed by atoms with van der Waals surface area (Å²) in [4.78, 5) is 87.0. The largest absolute Gasteiger partial charge is 0.494 e. The summed E-state index contributed by atoms with van der Waals surface area (Å²) >= 11 is 0. The minimum atomic E-state index is -0.886. The maximum Gasteiger partial charge on any atom is 0.343 e. The van der Waals surface area contributed by atoms with E-state index in [-0.39, 0.29) is 53.1 Å². The molecular weight excluding hydrogens is 1140 g/mol. The highest BCUT2D eigenvalue weighted by Crippen LogP contribution is 2.28. The first-order valence-corrected chi connectivity index (χ1v) is 30.7. The van der Waals surface area contributed by atoms with Crippen LogP contribution < -0.4 is 33.2 Å². The van der Waals surface area contributed by atoms with Crippen molar-refractivity contribution < 1.29 is 85.7 Å². The fourth-order valence-corrected chi connectivity index (χ4v) is 8.70. The first-order chi connectivity index (χ1) is 43.4. The van der Waals surface area contributed by atoms with Gasteiger partial charge in [-0.05, 0) is 167 Å². The van der Waals surface area contributed by atoms with Gasteiger partial charge in [0.05, 0.1) is 56.3 Å². The fraction of sp³-hybridized carbons (Fsp3) is 0.394. The highest BCUT2D eigenvalue weighted by Gasteiger charge is 2.21. The van der Waals surface area contributed by atoms with Gasteiger partial charge in [-0.1, -0.05) is 96.8 Å². The summed E-state index contributed by atoms with van der Waals surface area (Å²) < 4.78 is 61.0. The molecule has 18 nitrogen and oxygen atoms in total. The van der Waals surface area contributed by atoms with Gasteiger partial charge < -0.3 is 52.1 Å². The summed E-state index contributed by atoms with van der Waals surface area (Å²) in [6.07, 6.45) is 23.2. The van der Waals surface area contributed by atoms with Crippen LogP contribution in [0.4, 0.5) is 0 Å². The molecule has 0 fully saturated rings. The van der Waals surface area contributed by atoms with E-state index in [9.17, 15) is 33.6 Å². The Morgan fingerprint density at radius 2 is 0.551 bits per heavy atom. The maximum absolute atomic E-state index is 13.8. The number of rotatable bonds is 46. The van der Waals surface area contributed by atoms with E-state index in [1.165, 1.54) is 30.4 Å². The molecule has 0 saturated carbocycles. The Kier molecular flexibility index (Phi) is 33.8. The van der Waals surface area contributed by atoms with Crippen LogP contribution in [-0.4, -0.2) is 94.6 Å². The van der Waals surface area contributed by atoms with Crippen LogP contribution >= 0.6 is 0 Å². The molecule has 0 aliphatic rings. The van der Waals surface area contributed by atoms with Crippen molar-refractivity contribution in [3.63, 3.8) is 0 Å². The molecule has 18 heteroatoms. The molecule has 89 heavy (non-hydrogen) atoms. The van der Waals surface area contributed by atoms with Gasteiger partial charge in [0.1, 0.15) is 59.0 Å². The molecule has 0 heterocycles. The minimum absolute atomic E-state index is 0.0112. The van der Waals surface area contributed by atoms with E-state index in [4.69, 9.17) is 52.1 Å². The van der Waals surface area contributed by atoms with Crippen molar-refractivity contribution in [2.45, 2.75) is 128 Å². The molecule has 0 unspecified atom stereocenters. The molecule has 5 rings (SSSR count). The van der Waals surface area contributed by atoms with Crippen molar-refractivity contribution in [2.75, 3.05) is 52.9 Å². The SMILES string of the molecule is C=CC(=O)OCCCCCCCCCCOc1ccc(C(=O)Oc2ccc(OC(=O)c3ccc(OCCCCCCCCCCOC(=O)C=C)cc3)c(C(=O)OCCOc3ccc(OC(=O)c4ccc(OCCCCCCOC(=O)C=C)cc4)cc3)c2)cc1. The van der Waals surface area contributed by atoms with Gasteiger partial charge in [0.15, 0.2) is 0 Å². The lowest BCUT2D eigenvalue weighted by Crippen LogP contribution is -2.16. The predicted octanol–water partition coefficient (Wildman–Crippen LogP) is 14.7. The minimum Gasteiger partial charge on any atom is -0.494 e. The van der Waals surface area contributed by atoms with Crippen LogP contribution in [0, 0.1) is 0 Å². The monoisotopic (exact) mass is 1220 g/mol. The van der Waals surface area contributed by atoms with Gasteiger partial charge in [-0.2, -0.15) is 0 Å². The lowest BCUT2D eigenvalue weighted by atomic mass is 10.1. The van der Waals surface area contributed by atoms with Crippen LogP contribution in [0.15, 0.2) is 153 Å². The summed E-state index contributed by atoms with van der Waals surface area (Å²) in [6.45, 7) is 12.6. The van der Waals surface area contributed by atoms with Gasteiger partial charge in [0.2, 0.25) is 0 Å². The molecule has 0 bridgehead atoms. The first-order valence-electron chi connectivity index (χ1n) is 30.7. The number of benzene rings is 5. The zero-order chi connectivity index (χ0) is 63.5. The van der Waals surface area contributed by atoms with Crippen LogP contribution in [0.1, 0.15) is 170 Å². The molecule has 0 amide bonds. The van der Waals surface area contributed by atoms with Gasteiger partial charge in [-0.3, -0.25) is 0 Å². The number of carbonyl (C=O) groups is 7. The predicted molar refractivity (Wildman–Crippen MR) is 335 cm³/mol. The van der Waals surface area contributed by atoms with Crippen molar-refractivity contribution in [2.24, 2.45) is 0 Å². The average molecular weight is 1230 g/mol. The topological polar surface area (TPSA) is 221 Å². The zero-order valence-corrected chi connectivity index (χ0v) is 51.0. The Labute approximate surface area is 522 Å². The summed E-state index contributed by atoms with van der Waals surface area (Å²) in [7, 11) is 0. The average Bonchev–Trinajstić information content (AvgIpc) is 1.77. The van der Waals surface area contributed by atoms with Crippen molar-refractivity contribution in [3.05, 3.63) is 175 Å². The molecular formula is C71H84O18. The number of carbonyl (C=O) groups excluding carboxylic acids is 7. The Hall–Kier alpha value is -9.19. The molecule has 0 saturated heterocycles. The molecule has 0 aliphatic carbocycles. The second-order valence-corrected chi connectivity index (χ2v) is 20.6. The van der Waals surface area contributed by atoms with E-state index in [0.717, 1.165) is 134 Å². The van der Waals surface area contributed by atoms with E-state index in [1.807, 2.05) is 0 Å². The van der Waals surface area contributed by atoms with Gasteiger partial charge in [0, 0.05) is 18.2 Å². The lowest BCUT2D eigenvalue weighted by molar-refractivity contribution is -0.138. The summed E-state index contributed by atoms with van der Waals surface area (Å²) in [5, 5.41) is 0. The fourth-order valence-electron chi connectivity index (χ4n) is 8.70. The third kappa shape index (κ3) is 29.4. The van der Waals surface area contributed by atoms with E-state index in [1.54, 1.807) is 97.1 Å². The molecule has 0 atom stereocenters. The number of ether oxygens (including phenoxy) is 11. The van der Waals surface area contributed by atoms with Gasteiger partial charge >= 0.3 is 41.8 Å². The number of unbranched alkanes of at least 4 members (excludes halogenated alkanes) is 17. The van der Waals surface area contributed by atoms with Crippen LogP contribution in [0.3, 0.4) is 0 Å². The Bertz CT molecular complexity index is 2970. The molecule has 0 N–H and O–H groups in total. The van der Waals surface area contributed by atoms with E-state index >= 15 is 0 Å². The Morgan fingerprint density at radius 1 is 0.270 bits per heavy atom. The Morgan fingerprint density at radius 3 is 0.910 bits per heavy atom. The van der Waals surface area contributed by atoms with Gasteiger partial charge in [-0.15, -0.1) is 0 Å². The number of hydrogen-bond donors (Lipinski definition) is 0. The van der Waals surface area contributed by atoms with Crippen LogP contribution in [0.2, 0.25) is 0 Å². The molecule has 5 aromatic carbocycles. The Balaban J connectivity index is 1.08. The standard InChI is InChI=1S/C71H84O18/c1-4-65(72)83-48-24-17-13-9-7-11-15-21-45-79-58-35-29-55(30-36-58)69(76)88-62-43-44-64(89-70(77)56-31-37-59(38-32-56)80-46-22-16-12-8-10-14-18-25-49-84-66(73)5-2)63(53-62)71(78)86-52-51-82-60-39-41-61(42-40-60)87-68(75)54-27-33-57(34-28-54)81-47-23-19-20-26-50-85-67(74)6-3/h4-6,27-44,53H,1-3,7-26,45-52H2. The summed E-state index contributed by atoms with van der Waals surface area (Å²) in [6, 6.07) is 29.9. The van der Waals surface area contributed by atoms with Crippen molar-refractivity contribution in [1.82, 2.24) is 0 Å². The molecule has 0 aromatic heterocycles. The quantitative estimate of drug-likeness (QED) is 0.0116. The molecule has 0 aliphatic heterocycles. The maximum atomic E-state index is 13.8. The molecule has 0 spiro atoms. The van der Waals surface area contributed by atoms with E-state index in [0.29, 0.717) is 68.2 Å². The normalized spacial score (nSPS) is 10.6. The van der Waals surface area contributed by atoms with Gasteiger partial charge in [-0.25, -0.2) is 33.6 Å². The molecule has 5 aromatic rings. The van der Waals surface area contributed by atoms with Crippen molar-refractivity contribution in [1.29, 1.82) is 0 Å². The smallest absolute Gasteiger partial charge is 0.343 e. The van der Waals surface area contributed by atoms with Crippen molar-refractivity contribution >= 4 is 41.8 Å². The lowest BCUT2D eigenvalue weighted by Gasteiger charge is -2.13. The highest BCUT2D eigenvalue weighted by atomic mass is 16.6. The van der Waals surface area contributed by atoms with Crippen LogP contribution in [-0.2, 0) is 33.3 Å². The van der Waals surface area contributed by atoms with Crippen LogP contribution in [0.25, 0.3) is 0 Å². The molecule has 476 valence electrons. The second kappa shape index (κ2) is 42.6. The van der Waals surface area contributed by atoms with Gasteiger partial charge in [0.25, 0.3) is 0 Å². The van der Waals surface area contributed by atoms with E-state index < -0.39 is 35.8 Å². The van der Waals surface area contributed by atoms with Crippen LogP contribution in [0.5, 0.6) is 40.2 Å². The zero-order valence-electron chi connectivity index (χ0n) is 51.0. The summed E-state index contributed by atoms with van der Waals surface area (Å²) in [5.41, 5.74) is 0.565. The summed E-state index contributed by atoms with van der Waals surface area (Å²) in [5.74, 6) is -1.80. The molecule has 0 radical (unpaired) electrons. The third-order valence-electron chi connectivity index (χ3n) is 13.6. The van der Waals surface area contributed by atoms with E-state index in [2.05, 4.69) is 19.7 Å². The highest BCUT2D eigenvalue weighted by molar-refractivity contribution is 5.97.